The third-order valence-electron chi connectivity index (χ3n) is 3.83. The van der Waals surface area contributed by atoms with Gasteiger partial charge in [0.25, 0.3) is 0 Å². The number of hydrogen-bond acceptors (Lipinski definition) is 2. The third kappa shape index (κ3) is 4.00. The first kappa shape index (κ1) is 16.8. The summed E-state index contributed by atoms with van der Waals surface area (Å²) in [5, 5.41) is 12.2. The van der Waals surface area contributed by atoms with Crippen molar-refractivity contribution in [2.45, 2.75) is 40.3 Å². The number of hydrogen-bond donors (Lipinski definition) is 2. The molecule has 122 valence electrons. The molecule has 0 aliphatic rings. The van der Waals surface area contributed by atoms with Gasteiger partial charge >= 0.3 is 5.97 Å². The average Bonchev–Trinajstić information content (AvgIpc) is 2.81. The van der Waals surface area contributed by atoms with Crippen molar-refractivity contribution in [1.82, 2.24) is 9.88 Å². The number of carbonyl (C=O) groups is 2. The highest BCUT2D eigenvalue weighted by atomic mass is 16.4. The molecule has 5 heteroatoms. The van der Waals surface area contributed by atoms with E-state index in [1.807, 2.05) is 42.7 Å². The minimum atomic E-state index is -0.990. The van der Waals surface area contributed by atoms with Gasteiger partial charge in [0.05, 0.1) is 12.0 Å². The van der Waals surface area contributed by atoms with Gasteiger partial charge in [-0.3, -0.25) is 4.79 Å². The van der Waals surface area contributed by atoms with E-state index in [0.29, 0.717) is 24.3 Å². The molecule has 1 aromatic heterocycles. The van der Waals surface area contributed by atoms with Crippen LogP contribution in [0.15, 0.2) is 30.5 Å². The van der Waals surface area contributed by atoms with E-state index in [1.54, 1.807) is 13.1 Å². The Morgan fingerprint density at radius 3 is 2.61 bits per heavy atom. The third-order valence-corrected chi connectivity index (χ3v) is 3.83. The summed E-state index contributed by atoms with van der Waals surface area (Å²) >= 11 is 0. The summed E-state index contributed by atoms with van der Waals surface area (Å²) in [7, 11) is 0. The van der Waals surface area contributed by atoms with Gasteiger partial charge in [-0.05, 0) is 31.9 Å². The van der Waals surface area contributed by atoms with Crippen LogP contribution in [0.4, 0.5) is 0 Å². The Hall–Kier alpha value is -2.56. The summed E-state index contributed by atoms with van der Waals surface area (Å²) in [6.07, 6.45) is 1.85. The normalized spacial score (nSPS) is 10.6. The zero-order chi connectivity index (χ0) is 17.0. The van der Waals surface area contributed by atoms with Crippen molar-refractivity contribution in [3.8, 4) is 0 Å². The van der Waals surface area contributed by atoms with Crippen LogP contribution in [0.1, 0.15) is 39.7 Å². The summed E-state index contributed by atoms with van der Waals surface area (Å²) in [6, 6.07) is 7.92. The van der Waals surface area contributed by atoms with Crippen LogP contribution < -0.4 is 5.32 Å². The van der Waals surface area contributed by atoms with Crippen molar-refractivity contribution >= 4 is 11.9 Å². The standard InChI is InChI=1S/C18H22N2O3/c1-4-20-11-13(3)17(18(22)23)15(20)9-16(21)19-10-14-7-5-6-12(2)8-14/h5-8,11H,4,9-10H2,1-3H3,(H,19,21)(H,22,23). The van der Waals surface area contributed by atoms with E-state index in [0.717, 1.165) is 11.1 Å². The highest BCUT2D eigenvalue weighted by molar-refractivity contribution is 5.93. The van der Waals surface area contributed by atoms with E-state index in [-0.39, 0.29) is 17.9 Å². The zero-order valence-corrected chi connectivity index (χ0v) is 13.7. The Balaban J connectivity index is 2.09. The van der Waals surface area contributed by atoms with Gasteiger partial charge in [0.2, 0.25) is 5.91 Å². The van der Waals surface area contributed by atoms with Crippen LogP contribution in [0, 0.1) is 13.8 Å². The van der Waals surface area contributed by atoms with Crippen LogP contribution in [0.3, 0.4) is 0 Å². The van der Waals surface area contributed by atoms with Crippen molar-refractivity contribution in [2.24, 2.45) is 0 Å². The second-order valence-corrected chi connectivity index (χ2v) is 5.67. The van der Waals surface area contributed by atoms with Crippen LogP contribution in [0.5, 0.6) is 0 Å². The largest absolute Gasteiger partial charge is 0.478 e. The minimum absolute atomic E-state index is 0.0646. The Kier molecular flexibility index (Phi) is 5.21. The van der Waals surface area contributed by atoms with E-state index in [9.17, 15) is 14.7 Å². The Bertz CT molecular complexity index is 732. The van der Waals surface area contributed by atoms with Crippen molar-refractivity contribution in [2.75, 3.05) is 0 Å². The summed E-state index contributed by atoms with van der Waals surface area (Å²) < 4.78 is 1.82. The van der Waals surface area contributed by atoms with Crippen molar-refractivity contribution in [3.63, 3.8) is 0 Å². The van der Waals surface area contributed by atoms with Crippen LogP contribution in [-0.2, 0) is 24.3 Å². The minimum Gasteiger partial charge on any atom is -0.478 e. The molecule has 0 saturated carbocycles. The Morgan fingerprint density at radius 1 is 1.26 bits per heavy atom. The van der Waals surface area contributed by atoms with Crippen molar-refractivity contribution < 1.29 is 14.7 Å². The molecule has 23 heavy (non-hydrogen) atoms. The SMILES string of the molecule is CCn1cc(C)c(C(=O)O)c1CC(=O)NCc1cccc(C)c1. The van der Waals surface area contributed by atoms with Gasteiger partial charge in [0.1, 0.15) is 0 Å². The van der Waals surface area contributed by atoms with E-state index in [4.69, 9.17) is 0 Å². The van der Waals surface area contributed by atoms with Crippen molar-refractivity contribution in [3.05, 3.63) is 58.4 Å². The van der Waals surface area contributed by atoms with Crippen molar-refractivity contribution in [1.29, 1.82) is 0 Å². The number of carboxylic acid groups (broad SMARTS) is 1. The van der Waals surface area contributed by atoms with E-state index in [1.165, 1.54) is 0 Å². The molecule has 0 unspecified atom stereocenters. The first-order valence-corrected chi connectivity index (χ1v) is 7.66. The summed E-state index contributed by atoms with van der Waals surface area (Å²) in [4.78, 5) is 23.6. The number of aromatic carboxylic acids is 1. The molecule has 2 N–H and O–H groups in total. The number of aryl methyl sites for hydroxylation is 3. The first-order chi connectivity index (χ1) is 10.9. The summed E-state index contributed by atoms with van der Waals surface area (Å²) in [5.74, 6) is -1.17. The second kappa shape index (κ2) is 7.13. The molecule has 0 aliphatic heterocycles. The molecule has 2 aromatic rings. The topological polar surface area (TPSA) is 71.3 Å². The van der Waals surface area contributed by atoms with Gasteiger partial charge in [-0.2, -0.15) is 0 Å². The molecule has 1 heterocycles. The highest BCUT2D eigenvalue weighted by Gasteiger charge is 2.20. The van der Waals surface area contributed by atoms with Crippen LogP contribution in [0.2, 0.25) is 0 Å². The number of benzene rings is 1. The maximum Gasteiger partial charge on any atom is 0.337 e. The van der Waals surface area contributed by atoms with Crippen LogP contribution in [-0.4, -0.2) is 21.6 Å². The molecular weight excluding hydrogens is 292 g/mol. The van der Waals surface area contributed by atoms with Crippen LogP contribution >= 0.6 is 0 Å². The lowest BCUT2D eigenvalue weighted by Crippen LogP contribution is -2.26. The lowest BCUT2D eigenvalue weighted by atomic mass is 10.1. The fraction of sp³-hybridized carbons (Fsp3) is 0.333. The lowest BCUT2D eigenvalue weighted by molar-refractivity contribution is -0.120. The maximum absolute atomic E-state index is 12.2. The van der Waals surface area contributed by atoms with Gasteiger partial charge in [-0.1, -0.05) is 29.8 Å². The monoisotopic (exact) mass is 314 g/mol. The zero-order valence-electron chi connectivity index (χ0n) is 13.7. The molecule has 1 amide bonds. The van der Waals surface area contributed by atoms with Crippen LogP contribution in [0.25, 0.3) is 0 Å². The van der Waals surface area contributed by atoms with E-state index in [2.05, 4.69) is 5.32 Å². The average molecular weight is 314 g/mol. The molecule has 1 aromatic carbocycles. The quantitative estimate of drug-likeness (QED) is 0.861. The van der Waals surface area contributed by atoms with E-state index >= 15 is 0 Å². The number of nitrogens with zero attached hydrogens (tertiary/aromatic N) is 1. The first-order valence-electron chi connectivity index (χ1n) is 7.66. The maximum atomic E-state index is 12.2. The van der Waals surface area contributed by atoms with E-state index < -0.39 is 5.97 Å². The molecule has 2 rings (SSSR count). The molecule has 0 spiro atoms. The fourth-order valence-electron chi connectivity index (χ4n) is 2.75. The molecule has 0 fully saturated rings. The highest BCUT2D eigenvalue weighted by Crippen LogP contribution is 2.18. The number of amides is 1. The number of carbonyl (C=O) groups excluding carboxylic acids is 1. The molecule has 0 radical (unpaired) electrons. The lowest BCUT2D eigenvalue weighted by Gasteiger charge is -2.09. The molecule has 0 saturated heterocycles. The molecule has 5 nitrogen and oxygen atoms in total. The molecule has 0 aliphatic carbocycles. The van der Waals surface area contributed by atoms with Gasteiger partial charge < -0.3 is 15.0 Å². The second-order valence-electron chi connectivity index (χ2n) is 5.67. The van der Waals surface area contributed by atoms with Gasteiger partial charge in [-0.25, -0.2) is 4.79 Å². The summed E-state index contributed by atoms with van der Waals surface area (Å²) in [5.41, 5.74) is 3.64. The number of carboxylic acids is 1. The van der Waals surface area contributed by atoms with Gasteiger partial charge in [0, 0.05) is 25.0 Å². The molecule has 0 atom stereocenters. The number of rotatable bonds is 6. The molecular formula is C18H22N2O3. The van der Waals surface area contributed by atoms with Gasteiger partial charge in [0.15, 0.2) is 0 Å². The predicted molar refractivity (Wildman–Crippen MR) is 88.5 cm³/mol. The Morgan fingerprint density at radius 2 is 2.00 bits per heavy atom. The smallest absolute Gasteiger partial charge is 0.337 e. The molecule has 0 bridgehead atoms. The summed E-state index contributed by atoms with van der Waals surface area (Å²) in [6.45, 7) is 6.76. The predicted octanol–water partition coefficient (Wildman–Crippen LogP) is 2.68. The Labute approximate surface area is 135 Å². The fourth-order valence-corrected chi connectivity index (χ4v) is 2.75. The number of nitrogens with one attached hydrogen (secondary N) is 1. The number of aromatic nitrogens is 1. The van der Waals surface area contributed by atoms with Gasteiger partial charge in [-0.15, -0.1) is 0 Å².